The van der Waals surface area contributed by atoms with Gasteiger partial charge in [0.05, 0.1) is 0 Å². The van der Waals surface area contributed by atoms with Crippen molar-refractivity contribution in [3.05, 3.63) is 35.4 Å². The maximum absolute atomic E-state index is 11.1. The van der Waals surface area contributed by atoms with E-state index in [0.29, 0.717) is 6.42 Å². The van der Waals surface area contributed by atoms with Crippen LogP contribution < -0.4 is 10.9 Å². The van der Waals surface area contributed by atoms with E-state index in [1.807, 2.05) is 38.1 Å². The Morgan fingerprint density at radius 2 is 1.72 bits per heavy atom. The fraction of sp³-hybridized carbons (Fsp3) is 0.500. The third-order valence-electron chi connectivity index (χ3n) is 2.72. The van der Waals surface area contributed by atoms with E-state index in [9.17, 15) is 4.79 Å². The predicted octanol–water partition coefficient (Wildman–Crippen LogP) is 1.75. The number of hydrogen-bond acceptors (Lipinski definition) is 3. The first-order valence-corrected chi connectivity index (χ1v) is 6.34. The summed E-state index contributed by atoms with van der Waals surface area (Å²) in [5, 5.41) is 9.15. The molecule has 0 spiro atoms. The highest BCUT2D eigenvalue weighted by Crippen LogP contribution is 2.07. The molecule has 0 fully saturated rings. The second kappa shape index (κ2) is 7.13. The zero-order valence-electron chi connectivity index (χ0n) is 11.2. The van der Waals surface area contributed by atoms with Crippen LogP contribution in [0.2, 0.25) is 0 Å². The van der Waals surface area contributed by atoms with E-state index in [2.05, 4.69) is 17.8 Å². The van der Waals surface area contributed by atoms with Crippen LogP contribution in [0.4, 0.5) is 0 Å². The lowest BCUT2D eigenvalue weighted by Gasteiger charge is -2.17. The number of hydrogen-bond donors (Lipinski definition) is 3. The smallest absolute Gasteiger partial charge is 0.322 e. The zero-order chi connectivity index (χ0) is 13.5. The largest absolute Gasteiger partial charge is 0.480 e. The molecule has 18 heavy (non-hydrogen) atoms. The summed E-state index contributed by atoms with van der Waals surface area (Å²) in [6.45, 7) is 6.02. The molecule has 3 N–H and O–H groups in total. The zero-order valence-corrected chi connectivity index (χ0v) is 11.2. The van der Waals surface area contributed by atoms with Crippen molar-refractivity contribution >= 4 is 5.97 Å². The molecule has 1 aromatic rings. The summed E-state index contributed by atoms with van der Waals surface area (Å²) in [7, 11) is 0. The predicted molar refractivity (Wildman–Crippen MR) is 72.4 cm³/mol. The van der Waals surface area contributed by atoms with Gasteiger partial charge in [0.15, 0.2) is 0 Å². The van der Waals surface area contributed by atoms with E-state index in [4.69, 9.17) is 5.11 Å². The van der Waals surface area contributed by atoms with E-state index >= 15 is 0 Å². The minimum absolute atomic E-state index is 0.203. The molecule has 100 valence electrons. The highest BCUT2D eigenvalue weighted by Gasteiger charge is 2.17. The normalized spacial score (nSPS) is 12.7. The maximum atomic E-state index is 11.1. The minimum atomic E-state index is -0.845. The molecule has 0 aliphatic rings. The van der Waals surface area contributed by atoms with Gasteiger partial charge in [-0.3, -0.25) is 10.2 Å². The van der Waals surface area contributed by atoms with Gasteiger partial charge in [0.1, 0.15) is 6.04 Å². The fourth-order valence-corrected chi connectivity index (χ4v) is 1.61. The number of carboxylic acids is 1. The number of carbonyl (C=O) groups is 1. The number of rotatable bonds is 7. The molecule has 4 nitrogen and oxygen atoms in total. The van der Waals surface area contributed by atoms with Crippen LogP contribution >= 0.6 is 0 Å². The molecule has 0 bridgehead atoms. The molecule has 0 heterocycles. The van der Waals surface area contributed by atoms with Crippen molar-refractivity contribution in [2.45, 2.75) is 45.7 Å². The van der Waals surface area contributed by atoms with E-state index in [0.717, 1.165) is 12.0 Å². The van der Waals surface area contributed by atoms with Crippen LogP contribution in [0.3, 0.4) is 0 Å². The van der Waals surface area contributed by atoms with Gasteiger partial charge in [-0.25, -0.2) is 5.43 Å². The Kier molecular flexibility index (Phi) is 5.82. The summed E-state index contributed by atoms with van der Waals surface area (Å²) in [6.07, 6.45) is 1.47. The van der Waals surface area contributed by atoms with E-state index in [-0.39, 0.29) is 6.04 Å². The van der Waals surface area contributed by atoms with Crippen LogP contribution in [0.15, 0.2) is 24.3 Å². The average molecular weight is 250 g/mol. The summed E-state index contributed by atoms with van der Waals surface area (Å²) in [6, 6.07) is 7.67. The van der Waals surface area contributed by atoms with Crippen molar-refractivity contribution in [3.8, 4) is 0 Å². The second-order valence-corrected chi connectivity index (χ2v) is 4.71. The van der Waals surface area contributed by atoms with Crippen LogP contribution in [-0.2, 0) is 17.6 Å². The summed E-state index contributed by atoms with van der Waals surface area (Å²) >= 11 is 0. The number of nitrogens with one attached hydrogen (secondary N) is 2. The molecule has 0 saturated carbocycles. The standard InChI is InChI=1S/C14H22N2O2/c1-4-11-5-7-12(8-6-11)9-13(14(17)18)16-15-10(2)3/h5-8,10,13,15-16H,4,9H2,1-3H3,(H,17,18). The lowest BCUT2D eigenvalue weighted by atomic mass is 10.0. The Hall–Kier alpha value is -1.39. The Labute approximate surface area is 108 Å². The SMILES string of the molecule is CCc1ccc(CC(NNC(C)C)C(=O)O)cc1. The Morgan fingerprint density at radius 1 is 1.17 bits per heavy atom. The van der Waals surface area contributed by atoms with Crippen LogP contribution in [-0.4, -0.2) is 23.2 Å². The topological polar surface area (TPSA) is 61.4 Å². The quantitative estimate of drug-likeness (QED) is 0.645. The molecule has 1 atom stereocenters. The molecule has 0 aliphatic heterocycles. The first-order valence-electron chi connectivity index (χ1n) is 6.34. The Bertz CT molecular complexity index is 374. The Balaban J connectivity index is 2.61. The lowest BCUT2D eigenvalue weighted by Crippen LogP contribution is -2.49. The van der Waals surface area contributed by atoms with Crippen molar-refractivity contribution in [3.63, 3.8) is 0 Å². The molecular formula is C14H22N2O2. The first-order chi connectivity index (χ1) is 8.52. The molecule has 0 radical (unpaired) electrons. The number of hydrazine groups is 1. The van der Waals surface area contributed by atoms with E-state index in [1.54, 1.807) is 0 Å². The summed E-state index contributed by atoms with van der Waals surface area (Å²) < 4.78 is 0. The number of aliphatic carboxylic acids is 1. The summed E-state index contributed by atoms with van der Waals surface area (Å²) in [5.74, 6) is -0.845. The number of aryl methyl sites for hydroxylation is 1. The van der Waals surface area contributed by atoms with Crippen molar-refractivity contribution in [1.82, 2.24) is 10.9 Å². The Morgan fingerprint density at radius 3 is 2.17 bits per heavy atom. The molecular weight excluding hydrogens is 228 g/mol. The van der Waals surface area contributed by atoms with Gasteiger partial charge in [-0.15, -0.1) is 0 Å². The molecule has 0 aromatic heterocycles. The van der Waals surface area contributed by atoms with Crippen molar-refractivity contribution in [2.24, 2.45) is 0 Å². The van der Waals surface area contributed by atoms with Crippen molar-refractivity contribution in [1.29, 1.82) is 0 Å². The van der Waals surface area contributed by atoms with Gasteiger partial charge in [0, 0.05) is 6.04 Å². The molecule has 0 saturated heterocycles. The fourth-order valence-electron chi connectivity index (χ4n) is 1.61. The molecule has 0 amide bonds. The molecule has 0 aliphatic carbocycles. The van der Waals surface area contributed by atoms with Crippen molar-refractivity contribution in [2.75, 3.05) is 0 Å². The van der Waals surface area contributed by atoms with Gasteiger partial charge < -0.3 is 5.11 Å². The van der Waals surface area contributed by atoms with Crippen molar-refractivity contribution < 1.29 is 9.90 Å². The monoisotopic (exact) mass is 250 g/mol. The third-order valence-corrected chi connectivity index (χ3v) is 2.72. The van der Waals surface area contributed by atoms with Crippen LogP contribution in [0.1, 0.15) is 31.9 Å². The molecule has 4 heteroatoms. The molecule has 1 unspecified atom stereocenters. The number of carboxylic acid groups (broad SMARTS) is 1. The second-order valence-electron chi connectivity index (χ2n) is 4.71. The third kappa shape index (κ3) is 4.85. The van der Waals surface area contributed by atoms with E-state index < -0.39 is 12.0 Å². The molecule has 1 aromatic carbocycles. The van der Waals surface area contributed by atoms with Crippen LogP contribution in [0, 0.1) is 0 Å². The van der Waals surface area contributed by atoms with Gasteiger partial charge in [-0.2, -0.15) is 0 Å². The first kappa shape index (κ1) is 14.7. The molecule has 1 rings (SSSR count). The lowest BCUT2D eigenvalue weighted by molar-refractivity contribution is -0.139. The average Bonchev–Trinajstić information content (AvgIpc) is 2.34. The number of benzene rings is 1. The van der Waals surface area contributed by atoms with Gasteiger partial charge in [-0.05, 0) is 37.8 Å². The van der Waals surface area contributed by atoms with Crippen LogP contribution in [0.25, 0.3) is 0 Å². The summed E-state index contributed by atoms with van der Waals surface area (Å²) in [4.78, 5) is 11.1. The van der Waals surface area contributed by atoms with Gasteiger partial charge >= 0.3 is 5.97 Å². The van der Waals surface area contributed by atoms with Gasteiger partial charge in [0.2, 0.25) is 0 Å². The van der Waals surface area contributed by atoms with E-state index in [1.165, 1.54) is 5.56 Å². The highest BCUT2D eigenvalue weighted by atomic mass is 16.4. The van der Waals surface area contributed by atoms with Gasteiger partial charge in [0.25, 0.3) is 0 Å². The highest BCUT2D eigenvalue weighted by molar-refractivity contribution is 5.73. The minimum Gasteiger partial charge on any atom is -0.480 e. The van der Waals surface area contributed by atoms with Crippen LogP contribution in [0.5, 0.6) is 0 Å². The summed E-state index contributed by atoms with van der Waals surface area (Å²) in [5.41, 5.74) is 8.07. The van der Waals surface area contributed by atoms with Gasteiger partial charge in [-0.1, -0.05) is 31.2 Å². The maximum Gasteiger partial charge on any atom is 0.322 e.